The smallest absolute Gasteiger partial charge is 0.257 e. The standard InChI is InChI=1S/C13H21N3O/c1-9-6-10(8-13(2,3)7-9)17-12-11(14)15-4-5-16-12/h4-5,9-10H,6-8H2,1-3H3,(H2,14,15). The fourth-order valence-corrected chi connectivity index (χ4v) is 2.93. The molecule has 1 aromatic rings. The van der Waals surface area contributed by atoms with Crippen molar-refractivity contribution in [3.8, 4) is 5.88 Å². The number of anilines is 1. The Morgan fingerprint density at radius 3 is 2.65 bits per heavy atom. The van der Waals surface area contributed by atoms with Crippen LogP contribution in [0.15, 0.2) is 12.4 Å². The van der Waals surface area contributed by atoms with E-state index in [1.807, 2.05) is 0 Å². The van der Waals surface area contributed by atoms with Crippen LogP contribution < -0.4 is 10.5 Å². The van der Waals surface area contributed by atoms with Crippen molar-refractivity contribution in [2.75, 3.05) is 5.73 Å². The molecule has 1 aliphatic rings. The van der Waals surface area contributed by atoms with Crippen LogP contribution in [0.4, 0.5) is 5.82 Å². The zero-order valence-corrected chi connectivity index (χ0v) is 10.8. The Labute approximate surface area is 103 Å². The average Bonchev–Trinajstić information content (AvgIpc) is 2.18. The number of rotatable bonds is 2. The lowest BCUT2D eigenvalue weighted by molar-refractivity contribution is 0.0535. The normalized spacial score (nSPS) is 27.7. The molecule has 4 nitrogen and oxygen atoms in total. The maximum Gasteiger partial charge on any atom is 0.257 e. The zero-order valence-electron chi connectivity index (χ0n) is 10.8. The molecule has 2 N–H and O–H groups in total. The van der Waals surface area contributed by atoms with Gasteiger partial charge in [0.05, 0.1) is 0 Å². The minimum Gasteiger partial charge on any atom is -0.472 e. The number of ether oxygens (including phenoxy) is 1. The quantitative estimate of drug-likeness (QED) is 0.856. The van der Waals surface area contributed by atoms with Crippen LogP contribution >= 0.6 is 0 Å². The van der Waals surface area contributed by atoms with Crippen molar-refractivity contribution in [1.29, 1.82) is 0 Å². The van der Waals surface area contributed by atoms with Gasteiger partial charge in [-0.2, -0.15) is 0 Å². The molecule has 0 spiro atoms. The summed E-state index contributed by atoms with van der Waals surface area (Å²) in [6, 6.07) is 0. The third-order valence-electron chi connectivity index (χ3n) is 3.32. The second kappa shape index (κ2) is 4.51. The summed E-state index contributed by atoms with van der Waals surface area (Å²) in [5, 5.41) is 0. The topological polar surface area (TPSA) is 61.0 Å². The van der Waals surface area contributed by atoms with Gasteiger partial charge in [0, 0.05) is 12.4 Å². The maximum absolute atomic E-state index is 5.89. The van der Waals surface area contributed by atoms with Gasteiger partial charge in [-0.3, -0.25) is 0 Å². The average molecular weight is 235 g/mol. The molecule has 94 valence electrons. The van der Waals surface area contributed by atoms with E-state index in [4.69, 9.17) is 10.5 Å². The van der Waals surface area contributed by atoms with Crippen LogP contribution in [0.5, 0.6) is 5.88 Å². The van der Waals surface area contributed by atoms with Crippen molar-refractivity contribution in [2.24, 2.45) is 11.3 Å². The summed E-state index contributed by atoms with van der Waals surface area (Å²) in [5.41, 5.74) is 6.07. The van der Waals surface area contributed by atoms with Gasteiger partial charge in [0.2, 0.25) is 0 Å². The third kappa shape index (κ3) is 3.08. The molecule has 1 fully saturated rings. The first kappa shape index (κ1) is 12.1. The Balaban J connectivity index is 2.06. The fraction of sp³-hybridized carbons (Fsp3) is 0.692. The molecular formula is C13H21N3O. The highest BCUT2D eigenvalue weighted by molar-refractivity contribution is 5.38. The fourth-order valence-electron chi connectivity index (χ4n) is 2.93. The van der Waals surface area contributed by atoms with Crippen LogP contribution in [0.25, 0.3) is 0 Å². The summed E-state index contributed by atoms with van der Waals surface area (Å²) in [5.74, 6) is 1.53. The van der Waals surface area contributed by atoms with Gasteiger partial charge >= 0.3 is 0 Å². The molecule has 1 aromatic heterocycles. The van der Waals surface area contributed by atoms with Gasteiger partial charge in [0.15, 0.2) is 5.82 Å². The first-order valence-electron chi connectivity index (χ1n) is 6.19. The summed E-state index contributed by atoms with van der Waals surface area (Å²) in [4.78, 5) is 8.13. The van der Waals surface area contributed by atoms with Crippen molar-refractivity contribution in [1.82, 2.24) is 9.97 Å². The van der Waals surface area contributed by atoms with E-state index >= 15 is 0 Å². The summed E-state index contributed by atoms with van der Waals surface area (Å²) in [6.45, 7) is 6.86. The van der Waals surface area contributed by atoms with Crippen LogP contribution in [0.3, 0.4) is 0 Å². The molecule has 2 atom stereocenters. The van der Waals surface area contributed by atoms with Crippen molar-refractivity contribution in [2.45, 2.75) is 46.1 Å². The molecule has 0 bridgehead atoms. The van der Waals surface area contributed by atoms with Crippen molar-refractivity contribution >= 4 is 5.82 Å². The summed E-state index contributed by atoms with van der Waals surface area (Å²) in [7, 11) is 0. The minimum absolute atomic E-state index is 0.202. The molecule has 1 saturated carbocycles. The van der Waals surface area contributed by atoms with Gasteiger partial charge in [-0.25, -0.2) is 9.97 Å². The lowest BCUT2D eigenvalue weighted by Crippen LogP contribution is -2.34. The molecule has 0 amide bonds. The van der Waals surface area contributed by atoms with Gasteiger partial charge in [0.25, 0.3) is 5.88 Å². The number of aromatic nitrogens is 2. The van der Waals surface area contributed by atoms with Gasteiger partial charge in [-0.15, -0.1) is 0 Å². The first-order valence-corrected chi connectivity index (χ1v) is 6.19. The molecule has 0 aliphatic heterocycles. The Hall–Kier alpha value is -1.32. The number of nitrogens with zero attached hydrogens (tertiary/aromatic N) is 2. The third-order valence-corrected chi connectivity index (χ3v) is 3.32. The van der Waals surface area contributed by atoms with E-state index < -0.39 is 0 Å². The van der Waals surface area contributed by atoms with Gasteiger partial charge in [-0.05, 0) is 30.6 Å². The molecule has 0 aromatic carbocycles. The number of nitrogens with two attached hydrogens (primary N) is 1. The molecule has 0 radical (unpaired) electrons. The van der Waals surface area contributed by atoms with Gasteiger partial charge in [-0.1, -0.05) is 20.8 Å². The number of hydrogen-bond acceptors (Lipinski definition) is 4. The van der Waals surface area contributed by atoms with E-state index in [0.29, 0.717) is 23.0 Å². The number of hydrogen-bond donors (Lipinski definition) is 1. The monoisotopic (exact) mass is 235 g/mol. The number of nitrogen functional groups attached to an aromatic ring is 1. The lowest BCUT2D eigenvalue weighted by Gasteiger charge is -2.38. The molecule has 17 heavy (non-hydrogen) atoms. The largest absolute Gasteiger partial charge is 0.472 e. The molecular weight excluding hydrogens is 214 g/mol. The molecule has 1 heterocycles. The predicted molar refractivity (Wildman–Crippen MR) is 67.7 cm³/mol. The SMILES string of the molecule is CC1CC(Oc2nccnc2N)CC(C)(C)C1. The van der Waals surface area contributed by atoms with Crippen LogP contribution in [0.2, 0.25) is 0 Å². The summed E-state index contributed by atoms with van der Waals surface area (Å²) in [6.07, 6.45) is 6.77. The van der Waals surface area contributed by atoms with E-state index in [9.17, 15) is 0 Å². The molecule has 2 unspecified atom stereocenters. The second-order valence-electron chi connectivity index (χ2n) is 5.90. The van der Waals surface area contributed by atoms with E-state index in [0.717, 1.165) is 12.8 Å². The summed E-state index contributed by atoms with van der Waals surface area (Å²) >= 11 is 0. The highest BCUT2D eigenvalue weighted by Gasteiger charge is 2.33. The van der Waals surface area contributed by atoms with E-state index in [1.165, 1.54) is 6.42 Å². The van der Waals surface area contributed by atoms with Crippen molar-refractivity contribution in [3.05, 3.63) is 12.4 Å². The van der Waals surface area contributed by atoms with Crippen LogP contribution in [0, 0.1) is 11.3 Å². The Bertz CT molecular complexity index is 392. The van der Waals surface area contributed by atoms with E-state index in [1.54, 1.807) is 12.4 Å². The van der Waals surface area contributed by atoms with Crippen LogP contribution in [-0.4, -0.2) is 16.1 Å². The first-order chi connectivity index (χ1) is 7.96. The van der Waals surface area contributed by atoms with Crippen molar-refractivity contribution in [3.63, 3.8) is 0 Å². The zero-order chi connectivity index (χ0) is 12.5. The van der Waals surface area contributed by atoms with E-state index in [2.05, 4.69) is 30.7 Å². The van der Waals surface area contributed by atoms with Crippen LogP contribution in [-0.2, 0) is 0 Å². The molecule has 4 heteroatoms. The molecule has 2 rings (SSSR count). The maximum atomic E-state index is 5.89. The highest BCUT2D eigenvalue weighted by Crippen LogP contribution is 2.40. The van der Waals surface area contributed by atoms with Crippen LogP contribution in [0.1, 0.15) is 40.0 Å². The lowest BCUT2D eigenvalue weighted by atomic mass is 9.71. The Kier molecular flexibility index (Phi) is 3.22. The van der Waals surface area contributed by atoms with Gasteiger partial charge < -0.3 is 10.5 Å². The molecule has 1 aliphatic carbocycles. The van der Waals surface area contributed by atoms with E-state index in [-0.39, 0.29) is 6.10 Å². The molecule has 0 saturated heterocycles. The van der Waals surface area contributed by atoms with Gasteiger partial charge in [0.1, 0.15) is 6.10 Å². The second-order valence-corrected chi connectivity index (χ2v) is 5.90. The minimum atomic E-state index is 0.202. The highest BCUT2D eigenvalue weighted by atomic mass is 16.5. The Morgan fingerprint density at radius 2 is 2.00 bits per heavy atom. The Morgan fingerprint density at radius 1 is 1.29 bits per heavy atom. The predicted octanol–water partition coefficient (Wildman–Crippen LogP) is 2.65. The summed E-state index contributed by atoms with van der Waals surface area (Å²) < 4.78 is 5.89. The van der Waals surface area contributed by atoms with Crippen molar-refractivity contribution < 1.29 is 4.74 Å².